The fraction of sp³-hybridized carbons (Fsp3) is 0.500. The molecule has 0 spiro atoms. The molecule has 3 rings (SSSR count). The predicted molar refractivity (Wildman–Crippen MR) is 84.9 cm³/mol. The van der Waals surface area contributed by atoms with Crippen molar-refractivity contribution in [3.05, 3.63) is 44.8 Å². The lowest BCUT2D eigenvalue weighted by Crippen LogP contribution is -2.28. The number of hydrogen-bond donors (Lipinski definition) is 1. The molecule has 1 saturated carbocycles. The molecule has 1 aliphatic carbocycles. The maximum Gasteiger partial charge on any atom is 0.0448 e. The fourth-order valence-electron chi connectivity index (χ4n) is 3.10. The number of thiophene rings is 2. The van der Waals surface area contributed by atoms with E-state index in [4.69, 9.17) is 0 Å². The van der Waals surface area contributed by atoms with Crippen molar-refractivity contribution >= 4 is 22.7 Å². The number of nitrogens with one attached hydrogen (secondary N) is 1. The van der Waals surface area contributed by atoms with Crippen LogP contribution in [0.1, 0.15) is 55.1 Å². The smallest absolute Gasteiger partial charge is 0.0448 e. The molecule has 0 bridgehead atoms. The van der Waals surface area contributed by atoms with Gasteiger partial charge in [0.1, 0.15) is 0 Å². The summed E-state index contributed by atoms with van der Waals surface area (Å²) in [7, 11) is 0. The standard InChI is InChI=1S/C16H21NS2/c1-12(14-8-10-18-11-14)17-16(13-5-2-3-6-13)15-7-4-9-19-15/h4,7-13,16-17H,2-3,5-6H2,1H3. The van der Waals surface area contributed by atoms with Gasteiger partial charge in [-0.15, -0.1) is 11.3 Å². The largest absolute Gasteiger partial charge is 0.302 e. The van der Waals surface area contributed by atoms with Crippen LogP contribution >= 0.6 is 22.7 Å². The van der Waals surface area contributed by atoms with Gasteiger partial charge in [-0.2, -0.15) is 11.3 Å². The zero-order valence-corrected chi connectivity index (χ0v) is 13.0. The molecular weight excluding hydrogens is 270 g/mol. The topological polar surface area (TPSA) is 12.0 Å². The van der Waals surface area contributed by atoms with Crippen molar-refractivity contribution in [3.8, 4) is 0 Å². The Morgan fingerprint density at radius 1 is 1.21 bits per heavy atom. The molecule has 1 fully saturated rings. The number of rotatable bonds is 5. The molecular formula is C16H21NS2. The van der Waals surface area contributed by atoms with Crippen molar-refractivity contribution in [2.24, 2.45) is 5.92 Å². The highest BCUT2D eigenvalue weighted by atomic mass is 32.1. The van der Waals surface area contributed by atoms with Gasteiger partial charge in [-0.05, 0) is 59.5 Å². The van der Waals surface area contributed by atoms with Crippen LogP contribution in [0.4, 0.5) is 0 Å². The van der Waals surface area contributed by atoms with Gasteiger partial charge in [-0.25, -0.2) is 0 Å². The minimum Gasteiger partial charge on any atom is -0.302 e. The van der Waals surface area contributed by atoms with E-state index in [1.807, 2.05) is 11.3 Å². The van der Waals surface area contributed by atoms with Crippen LogP contribution in [0.25, 0.3) is 0 Å². The highest BCUT2D eigenvalue weighted by Crippen LogP contribution is 2.38. The quantitative estimate of drug-likeness (QED) is 0.778. The molecule has 2 heterocycles. The third kappa shape index (κ3) is 3.10. The molecule has 0 aliphatic heterocycles. The average Bonchev–Trinajstić information content (AvgIpc) is 3.17. The summed E-state index contributed by atoms with van der Waals surface area (Å²) in [6.45, 7) is 2.29. The van der Waals surface area contributed by atoms with Crippen molar-refractivity contribution in [3.63, 3.8) is 0 Å². The van der Waals surface area contributed by atoms with Crippen molar-refractivity contribution in [2.75, 3.05) is 0 Å². The number of hydrogen-bond acceptors (Lipinski definition) is 3. The van der Waals surface area contributed by atoms with Gasteiger partial charge < -0.3 is 5.32 Å². The monoisotopic (exact) mass is 291 g/mol. The molecule has 2 atom stereocenters. The van der Waals surface area contributed by atoms with Gasteiger partial charge >= 0.3 is 0 Å². The van der Waals surface area contributed by atoms with E-state index < -0.39 is 0 Å². The third-order valence-electron chi connectivity index (χ3n) is 4.19. The lowest BCUT2D eigenvalue weighted by atomic mass is 9.95. The van der Waals surface area contributed by atoms with Crippen LogP contribution in [0.5, 0.6) is 0 Å². The predicted octanol–water partition coefficient (Wildman–Crippen LogP) is 5.39. The van der Waals surface area contributed by atoms with Crippen molar-refractivity contribution < 1.29 is 0 Å². The molecule has 0 aromatic carbocycles. The average molecular weight is 291 g/mol. The summed E-state index contributed by atoms with van der Waals surface area (Å²) in [5.41, 5.74) is 1.42. The lowest BCUT2D eigenvalue weighted by molar-refractivity contribution is 0.343. The summed E-state index contributed by atoms with van der Waals surface area (Å²) in [6, 6.07) is 7.69. The fourth-order valence-corrected chi connectivity index (χ4v) is 4.73. The van der Waals surface area contributed by atoms with E-state index in [2.05, 4.69) is 46.6 Å². The van der Waals surface area contributed by atoms with Crippen LogP contribution in [0.15, 0.2) is 34.3 Å². The molecule has 102 valence electrons. The Bertz CT molecular complexity index is 469. The van der Waals surface area contributed by atoms with Gasteiger partial charge in [0.25, 0.3) is 0 Å². The molecule has 1 nitrogen and oxygen atoms in total. The highest BCUT2D eigenvalue weighted by molar-refractivity contribution is 7.10. The van der Waals surface area contributed by atoms with E-state index in [9.17, 15) is 0 Å². The van der Waals surface area contributed by atoms with Crippen LogP contribution in [-0.2, 0) is 0 Å². The maximum absolute atomic E-state index is 3.88. The van der Waals surface area contributed by atoms with Crippen LogP contribution in [-0.4, -0.2) is 0 Å². The Balaban J connectivity index is 1.75. The summed E-state index contributed by atoms with van der Waals surface area (Å²) in [5, 5.41) is 10.5. The Kier molecular flexibility index (Phi) is 4.36. The molecule has 3 heteroatoms. The van der Waals surface area contributed by atoms with E-state index in [0.29, 0.717) is 12.1 Å². The van der Waals surface area contributed by atoms with Crippen molar-refractivity contribution in [1.82, 2.24) is 5.32 Å². The second-order valence-electron chi connectivity index (χ2n) is 5.48. The van der Waals surface area contributed by atoms with Gasteiger partial charge in [-0.1, -0.05) is 18.9 Å². The molecule has 2 aromatic heterocycles. The summed E-state index contributed by atoms with van der Waals surface area (Å²) in [4.78, 5) is 1.51. The Morgan fingerprint density at radius 3 is 2.68 bits per heavy atom. The van der Waals surface area contributed by atoms with Crippen LogP contribution in [0.2, 0.25) is 0 Å². The van der Waals surface area contributed by atoms with Gasteiger partial charge in [0.15, 0.2) is 0 Å². The second-order valence-corrected chi connectivity index (χ2v) is 7.24. The van der Waals surface area contributed by atoms with Crippen molar-refractivity contribution in [1.29, 1.82) is 0 Å². The summed E-state index contributed by atoms with van der Waals surface area (Å²) in [5.74, 6) is 0.819. The summed E-state index contributed by atoms with van der Waals surface area (Å²) in [6.07, 6.45) is 5.57. The first-order chi connectivity index (χ1) is 9.34. The van der Waals surface area contributed by atoms with E-state index in [1.54, 1.807) is 11.3 Å². The molecule has 0 amide bonds. The van der Waals surface area contributed by atoms with E-state index >= 15 is 0 Å². The zero-order valence-electron chi connectivity index (χ0n) is 11.3. The first-order valence-electron chi connectivity index (χ1n) is 7.16. The molecule has 0 saturated heterocycles. The minimum atomic E-state index is 0.443. The first-order valence-corrected chi connectivity index (χ1v) is 8.98. The van der Waals surface area contributed by atoms with Gasteiger partial charge in [0, 0.05) is 17.0 Å². The van der Waals surface area contributed by atoms with Crippen LogP contribution < -0.4 is 5.32 Å². The van der Waals surface area contributed by atoms with Gasteiger partial charge in [-0.3, -0.25) is 0 Å². The second kappa shape index (κ2) is 6.21. The molecule has 2 unspecified atom stereocenters. The SMILES string of the molecule is CC(NC(c1cccs1)C1CCCC1)c1ccsc1. The van der Waals surface area contributed by atoms with Crippen LogP contribution in [0.3, 0.4) is 0 Å². The highest BCUT2D eigenvalue weighted by Gasteiger charge is 2.28. The van der Waals surface area contributed by atoms with E-state index in [0.717, 1.165) is 5.92 Å². The molecule has 2 aromatic rings. The molecule has 1 N–H and O–H groups in total. The van der Waals surface area contributed by atoms with Gasteiger partial charge in [0.05, 0.1) is 0 Å². The zero-order chi connectivity index (χ0) is 13.1. The Morgan fingerprint density at radius 2 is 2.05 bits per heavy atom. The Hall–Kier alpha value is -0.640. The summed E-state index contributed by atoms with van der Waals surface area (Å²) >= 11 is 3.68. The minimum absolute atomic E-state index is 0.443. The van der Waals surface area contributed by atoms with E-state index in [1.165, 1.54) is 36.1 Å². The third-order valence-corrected chi connectivity index (χ3v) is 5.85. The van der Waals surface area contributed by atoms with Crippen molar-refractivity contribution in [2.45, 2.75) is 44.7 Å². The lowest BCUT2D eigenvalue weighted by Gasteiger charge is -2.27. The maximum atomic E-state index is 3.88. The first kappa shape index (κ1) is 13.3. The van der Waals surface area contributed by atoms with Gasteiger partial charge in [0.2, 0.25) is 0 Å². The summed E-state index contributed by atoms with van der Waals surface area (Å²) < 4.78 is 0. The van der Waals surface area contributed by atoms with Crippen LogP contribution in [0, 0.1) is 5.92 Å². The molecule has 19 heavy (non-hydrogen) atoms. The normalized spacial score (nSPS) is 19.6. The Labute approximate surface area is 123 Å². The van der Waals surface area contributed by atoms with E-state index in [-0.39, 0.29) is 0 Å². The molecule has 1 aliphatic rings. The molecule has 0 radical (unpaired) electrons.